The Kier molecular flexibility index (Phi) is 66.8. The van der Waals surface area contributed by atoms with Gasteiger partial charge in [0.05, 0.1) is 26.4 Å². The summed E-state index contributed by atoms with van der Waals surface area (Å²) in [6, 6.07) is 0. The average Bonchev–Trinajstić information content (AvgIpc) is 2.15. The number of carbonyl (C=O) groups is 4. The predicted octanol–water partition coefficient (Wildman–Crippen LogP) is 23.2. The molecule has 0 radical (unpaired) electrons. The molecule has 0 aliphatic carbocycles. The molecule has 0 aromatic carbocycles. The van der Waals surface area contributed by atoms with Gasteiger partial charge in [-0.05, 0) is 49.4 Å². The third kappa shape index (κ3) is 67.2. The molecule has 9 atom stereocenters. The average molecular weight is 1440 g/mol. The first-order valence-electron chi connectivity index (χ1n) is 40.9. The number of esters is 4. The highest BCUT2D eigenvalue weighted by atomic mass is 31.2. The lowest BCUT2D eigenvalue weighted by Crippen LogP contribution is -2.30. The van der Waals surface area contributed by atoms with E-state index in [0.717, 1.165) is 120 Å². The van der Waals surface area contributed by atoms with Crippen molar-refractivity contribution in [3.05, 3.63) is 0 Å². The van der Waals surface area contributed by atoms with E-state index in [0.29, 0.717) is 25.7 Å². The molecule has 582 valence electrons. The smallest absolute Gasteiger partial charge is 0.462 e. The number of hydrogen-bond donors (Lipinski definition) is 3. The minimum Gasteiger partial charge on any atom is -0.462 e. The highest BCUT2D eigenvalue weighted by Gasteiger charge is 2.30. The summed E-state index contributed by atoms with van der Waals surface area (Å²) < 4.78 is 68.6. The number of phosphoric ester groups is 2. The number of carbonyl (C=O) groups excluding carboxylic acids is 4. The summed E-state index contributed by atoms with van der Waals surface area (Å²) in [4.78, 5) is 72.9. The van der Waals surface area contributed by atoms with Gasteiger partial charge in [0.1, 0.15) is 19.3 Å². The lowest BCUT2D eigenvalue weighted by Gasteiger charge is -2.21. The van der Waals surface area contributed by atoms with Gasteiger partial charge in [-0.1, -0.05) is 351 Å². The summed E-state index contributed by atoms with van der Waals surface area (Å²) in [6.07, 6.45) is 53.9. The molecule has 6 unspecified atom stereocenters. The van der Waals surface area contributed by atoms with E-state index in [1.807, 2.05) is 0 Å². The zero-order valence-corrected chi connectivity index (χ0v) is 66.2. The van der Waals surface area contributed by atoms with Crippen LogP contribution in [0.25, 0.3) is 0 Å². The van der Waals surface area contributed by atoms with E-state index in [4.69, 9.17) is 37.0 Å². The number of aliphatic hydroxyl groups excluding tert-OH is 1. The molecule has 0 saturated heterocycles. The number of rotatable bonds is 76. The topological polar surface area (TPSA) is 237 Å². The molecule has 0 aliphatic heterocycles. The van der Waals surface area contributed by atoms with Crippen molar-refractivity contribution >= 4 is 39.5 Å². The Morgan fingerprint density at radius 3 is 0.673 bits per heavy atom. The molecule has 3 N–H and O–H groups in total. The van der Waals surface area contributed by atoms with Gasteiger partial charge in [-0.25, -0.2) is 9.13 Å². The minimum absolute atomic E-state index is 0.106. The third-order valence-corrected chi connectivity index (χ3v) is 21.7. The lowest BCUT2D eigenvalue weighted by molar-refractivity contribution is -0.161. The number of phosphoric acid groups is 2. The zero-order valence-electron chi connectivity index (χ0n) is 64.4. The van der Waals surface area contributed by atoms with E-state index in [1.54, 1.807) is 0 Å². The second kappa shape index (κ2) is 68.2. The van der Waals surface area contributed by atoms with Crippen molar-refractivity contribution in [3.8, 4) is 0 Å². The monoisotopic (exact) mass is 1440 g/mol. The molecule has 0 fully saturated rings. The summed E-state index contributed by atoms with van der Waals surface area (Å²) in [7, 11) is -9.92. The summed E-state index contributed by atoms with van der Waals surface area (Å²) >= 11 is 0. The first-order valence-corrected chi connectivity index (χ1v) is 43.8. The molecule has 98 heavy (non-hydrogen) atoms. The quantitative estimate of drug-likeness (QED) is 0.0222. The lowest BCUT2D eigenvalue weighted by atomic mass is 9.99. The fraction of sp³-hybridized carbons (Fsp3) is 0.949. The Labute approximate surface area is 600 Å². The van der Waals surface area contributed by atoms with Gasteiger partial charge in [0.2, 0.25) is 0 Å². The van der Waals surface area contributed by atoms with Crippen LogP contribution in [0.15, 0.2) is 0 Å². The first-order chi connectivity index (χ1) is 47.2. The predicted molar refractivity (Wildman–Crippen MR) is 400 cm³/mol. The molecule has 0 spiro atoms. The van der Waals surface area contributed by atoms with Gasteiger partial charge in [-0.3, -0.25) is 37.3 Å². The van der Waals surface area contributed by atoms with Gasteiger partial charge in [0, 0.05) is 25.7 Å². The van der Waals surface area contributed by atoms with E-state index in [2.05, 4.69) is 55.4 Å². The maximum atomic E-state index is 13.1. The van der Waals surface area contributed by atoms with Crippen molar-refractivity contribution < 1.29 is 80.2 Å². The summed E-state index contributed by atoms with van der Waals surface area (Å²) in [5.41, 5.74) is 0. The van der Waals surface area contributed by atoms with Crippen molar-refractivity contribution in [2.45, 2.75) is 420 Å². The molecular formula is C79H154O17P2. The van der Waals surface area contributed by atoms with Crippen molar-refractivity contribution in [2.75, 3.05) is 39.6 Å². The second-order valence-electron chi connectivity index (χ2n) is 29.4. The maximum absolute atomic E-state index is 13.1. The van der Waals surface area contributed by atoms with Crippen LogP contribution in [0, 0.1) is 23.7 Å². The first kappa shape index (κ1) is 96.1. The fourth-order valence-corrected chi connectivity index (χ4v) is 13.5. The van der Waals surface area contributed by atoms with Gasteiger partial charge in [0.15, 0.2) is 12.2 Å². The second-order valence-corrected chi connectivity index (χ2v) is 32.3. The number of hydrogen-bond acceptors (Lipinski definition) is 15. The van der Waals surface area contributed by atoms with Gasteiger partial charge in [-0.15, -0.1) is 0 Å². The highest BCUT2D eigenvalue weighted by molar-refractivity contribution is 7.47. The fourth-order valence-electron chi connectivity index (χ4n) is 12.0. The summed E-state index contributed by atoms with van der Waals surface area (Å²) in [5, 5.41) is 10.6. The molecule has 0 saturated carbocycles. The Morgan fingerprint density at radius 1 is 0.276 bits per heavy atom. The molecule has 0 bridgehead atoms. The van der Waals surface area contributed by atoms with Crippen LogP contribution in [0.2, 0.25) is 0 Å². The van der Waals surface area contributed by atoms with Crippen LogP contribution in [0.5, 0.6) is 0 Å². The molecule has 0 heterocycles. The van der Waals surface area contributed by atoms with Gasteiger partial charge < -0.3 is 33.8 Å². The van der Waals surface area contributed by atoms with E-state index in [1.165, 1.54) is 199 Å². The van der Waals surface area contributed by atoms with Gasteiger partial charge in [0.25, 0.3) is 0 Å². The third-order valence-electron chi connectivity index (χ3n) is 19.8. The highest BCUT2D eigenvalue weighted by Crippen LogP contribution is 2.45. The Balaban J connectivity index is 5.24. The van der Waals surface area contributed by atoms with Crippen LogP contribution >= 0.6 is 15.6 Å². The molecule has 0 aromatic heterocycles. The Bertz CT molecular complexity index is 1930. The van der Waals surface area contributed by atoms with Crippen molar-refractivity contribution in [2.24, 2.45) is 23.7 Å². The van der Waals surface area contributed by atoms with Crippen molar-refractivity contribution in [1.82, 2.24) is 0 Å². The van der Waals surface area contributed by atoms with Crippen molar-refractivity contribution in [3.63, 3.8) is 0 Å². The molecule has 19 heteroatoms. The summed E-state index contributed by atoms with van der Waals surface area (Å²) in [6.45, 7) is 14.3. The Hall–Kier alpha value is -1.94. The Morgan fingerprint density at radius 2 is 0.459 bits per heavy atom. The minimum atomic E-state index is -4.96. The normalized spacial score (nSPS) is 15.2. The zero-order chi connectivity index (χ0) is 72.4. The van der Waals surface area contributed by atoms with Crippen LogP contribution in [-0.4, -0.2) is 96.7 Å². The largest absolute Gasteiger partial charge is 0.472 e. The van der Waals surface area contributed by atoms with E-state index in [-0.39, 0.29) is 25.7 Å². The maximum Gasteiger partial charge on any atom is 0.472 e. The number of ether oxygens (including phenoxy) is 4. The van der Waals surface area contributed by atoms with Gasteiger partial charge >= 0.3 is 39.5 Å². The molecule has 0 aromatic rings. The number of aliphatic hydroxyl groups is 1. The molecule has 0 rings (SSSR count). The van der Waals surface area contributed by atoms with Crippen LogP contribution in [0.1, 0.15) is 402 Å². The van der Waals surface area contributed by atoms with Crippen LogP contribution in [0.3, 0.4) is 0 Å². The molecular weight excluding hydrogens is 1280 g/mol. The standard InChI is InChI=1S/C79H154O17P2/c1-9-69(5)55-47-39-31-25-21-17-13-15-19-23-27-35-45-53-61-78(83)95-74(65-89-76(81)59-51-43-34-30-29-33-41-49-57-71(7)11-3)67-93-97(85,86)91-63-73(80)64-92-98(87,88)94-68-75(66-90-77(82)60-52-44-38-37-42-50-58-72(8)12-4)96-79(84)62-54-46-36-28-24-20-16-14-18-22-26-32-40-48-56-70(6)10-2/h69-75,80H,9-68H2,1-8H3,(H,85,86)(H,87,88)/t69?,70?,71?,72?,73-,74-,75-/m1/s1. The van der Waals surface area contributed by atoms with Crippen LogP contribution in [-0.2, 0) is 65.4 Å². The van der Waals surface area contributed by atoms with Crippen LogP contribution < -0.4 is 0 Å². The summed E-state index contributed by atoms with van der Waals surface area (Å²) in [5.74, 6) is 1.08. The molecule has 0 amide bonds. The SMILES string of the molecule is CCC(C)CCCCCCCCCCCCCCCCC(=O)O[C@H](COC(=O)CCCCCCCCCCC(C)CC)COP(=O)(O)OC[C@@H](O)COP(=O)(O)OC[C@@H](COC(=O)CCCCCCCCC(C)CC)OC(=O)CCCCCCCCCCCCCCCCC(C)CC. The number of unbranched alkanes of at least 4 members (excludes halogenated alkanes) is 38. The van der Waals surface area contributed by atoms with E-state index >= 15 is 0 Å². The van der Waals surface area contributed by atoms with Crippen molar-refractivity contribution in [1.29, 1.82) is 0 Å². The van der Waals surface area contributed by atoms with E-state index < -0.39 is 97.5 Å². The van der Waals surface area contributed by atoms with Crippen LogP contribution in [0.4, 0.5) is 0 Å². The molecule has 17 nitrogen and oxygen atoms in total. The van der Waals surface area contributed by atoms with Gasteiger partial charge in [-0.2, -0.15) is 0 Å². The molecule has 0 aliphatic rings. The van der Waals surface area contributed by atoms with E-state index in [9.17, 15) is 43.2 Å².